The average molecular weight is 355 g/mol. The molecule has 0 heterocycles. The van der Waals surface area contributed by atoms with E-state index in [1.165, 1.54) is 13.8 Å². The minimum atomic E-state index is -0.701. The monoisotopic (exact) mass is 354 g/mol. The van der Waals surface area contributed by atoms with Gasteiger partial charge in [0.15, 0.2) is 11.6 Å². The Kier molecular flexibility index (Phi) is 15.2. The van der Waals surface area contributed by atoms with Crippen LogP contribution in [0.3, 0.4) is 0 Å². The molecule has 7 heteroatoms. The molecule has 4 nitrogen and oxygen atoms in total. The molecule has 112 valence electrons. The number of carbonyl (C=O) groups excluding carboxylic acids is 2. The summed E-state index contributed by atoms with van der Waals surface area (Å²) in [5, 5.41) is 19.8. The van der Waals surface area contributed by atoms with Crippen LogP contribution in [0.15, 0.2) is 24.3 Å². The number of allylic oxidation sites excluding steroid dienone is 2. The van der Waals surface area contributed by atoms with Crippen molar-refractivity contribution in [3.05, 3.63) is 24.3 Å². The Balaban J connectivity index is -0.000000295. The molecule has 0 aromatic rings. The van der Waals surface area contributed by atoms with Crippen LogP contribution in [0, 0.1) is 11.8 Å². The normalized spacial score (nSPS) is 11.6. The molecule has 0 aliphatic rings. The summed E-state index contributed by atoms with van der Waals surface area (Å²) in [4.78, 5) is 21.8. The first kappa shape index (κ1) is 25.8. The van der Waals surface area contributed by atoms with Crippen molar-refractivity contribution in [2.24, 2.45) is 11.8 Å². The maximum absolute atomic E-state index is 10.9. The summed E-state index contributed by atoms with van der Waals surface area (Å²) >= 11 is 8.59. The van der Waals surface area contributed by atoms with E-state index in [9.17, 15) is 19.8 Å². The van der Waals surface area contributed by atoms with Crippen LogP contribution in [0.2, 0.25) is 0 Å². The summed E-state index contributed by atoms with van der Waals surface area (Å²) in [5.41, 5.74) is 0.761. The predicted octanol–water partition coefficient (Wildman–Crippen LogP) is 0.530. The Morgan fingerprint density at radius 2 is 1.05 bits per heavy atom. The molecule has 0 rings (SSSR count). The molecule has 0 fully saturated rings. The van der Waals surface area contributed by atoms with Crippen molar-refractivity contribution in [2.75, 3.05) is 0 Å². The zero-order chi connectivity index (χ0) is 16.6. The second-order valence-electron chi connectivity index (χ2n) is 4.37. The zero-order valence-corrected chi connectivity index (χ0v) is 16.6. The van der Waals surface area contributed by atoms with E-state index in [2.05, 4.69) is 37.6 Å². The van der Waals surface area contributed by atoms with E-state index in [0.717, 1.165) is 0 Å². The average Bonchev–Trinajstić information content (AvgIpc) is 2.35. The Morgan fingerprint density at radius 3 is 1.10 bits per heavy atom. The van der Waals surface area contributed by atoms with Gasteiger partial charge in [-0.2, -0.15) is 0 Å². The van der Waals surface area contributed by atoms with Gasteiger partial charge in [0.05, 0.1) is 0 Å². The number of hydrogen-bond acceptors (Lipinski definition) is 6. The molecule has 0 aliphatic heterocycles. The molecule has 0 radical (unpaired) electrons. The van der Waals surface area contributed by atoms with E-state index < -0.39 is 21.9 Å². The van der Waals surface area contributed by atoms with E-state index >= 15 is 0 Å². The number of carbonyl (C=O) groups is 2. The van der Waals surface area contributed by atoms with Gasteiger partial charge in [0, 0.05) is 11.8 Å². The molecular weight excluding hydrogens is 336 g/mol. The molecule has 0 bridgehead atoms. The Morgan fingerprint density at radius 1 is 0.857 bits per heavy atom. The van der Waals surface area contributed by atoms with Crippen molar-refractivity contribution < 1.29 is 19.8 Å². The first-order chi connectivity index (χ1) is 8.93. The molecular formula is C14H18CaO4S2. The molecule has 0 aromatic heterocycles. The Hall–Kier alpha value is -0.140. The second kappa shape index (κ2) is 12.4. The molecule has 0 aromatic carbocycles. The molecule has 21 heavy (non-hydrogen) atoms. The Bertz CT molecular complexity index is 416. The van der Waals surface area contributed by atoms with Gasteiger partial charge in [0.1, 0.15) is 0 Å². The van der Waals surface area contributed by atoms with Gasteiger partial charge in [-0.15, -0.1) is 24.4 Å². The van der Waals surface area contributed by atoms with Crippen LogP contribution in [0.5, 0.6) is 0 Å². The van der Waals surface area contributed by atoms with Crippen molar-refractivity contribution in [1.29, 1.82) is 0 Å². The standard InChI is InChI=1S/2C7H10O2S.Ca/c2*1-4(2)6(8)5(3)7(9)10;/h2*5H,1H2,2-3H3,(H,9,10);/q;;+2/p-2. The van der Waals surface area contributed by atoms with Crippen molar-refractivity contribution in [3.8, 4) is 0 Å². The Labute approximate surface area is 166 Å². The van der Waals surface area contributed by atoms with Crippen LogP contribution in [-0.4, -0.2) is 59.4 Å². The van der Waals surface area contributed by atoms with E-state index in [4.69, 9.17) is 0 Å². The van der Waals surface area contributed by atoms with Crippen molar-refractivity contribution >= 4 is 83.8 Å². The molecule has 0 amide bonds. The molecule has 0 saturated heterocycles. The van der Waals surface area contributed by atoms with Crippen LogP contribution in [-0.2, 0) is 9.59 Å². The summed E-state index contributed by atoms with van der Waals surface area (Å²) in [5.74, 6) is -1.93. The number of Topliss-reactive ketones (excluding diaryl/α,β-unsaturated/α-hetero) is 2. The van der Waals surface area contributed by atoms with Crippen LogP contribution < -0.4 is 10.2 Å². The van der Waals surface area contributed by atoms with Crippen molar-refractivity contribution in [1.82, 2.24) is 0 Å². The van der Waals surface area contributed by atoms with Crippen LogP contribution >= 0.6 is 24.4 Å². The fourth-order valence-electron chi connectivity index (χ4n) is 0.953. The van der Waals surface area contributed by atoms with Crippen LogP contribution in [0.4, 0.5) is 0 Å². The van der Waals surface area contributed by atoms with Gasteiger partial charge in [-0.3, -0.25) is 9.59 Å². The second-order valence-corrected chi connectivity index (χ2v) is 5.18. The summed E-state index contributed by atoms with van der Waals surface area (Å²) in [7, 11) is 0. The number of hydrogen-bond donors (Lipinski definition) is 0. The summed E-state index contributed by atoms with van der Waals surface area (Å²) in [6.07, 6.45) is 0. The van der Waals surface area contributed by atoms with Crippen LogP contribution in [0.25, 0.3) is 0 Å². The van der Waals surface area contributed by atoms with Gasteiger partial charge < -0.3 is 10.2 Å². The number of rotatable bonds is 6. The van der Waals surface area contributed by atoms with E-state index in [1.807, 2.05) is 0 Å². The topological polar surface area (TPSA) is 80.3 Å². The maximum atomic E-state index is 10.9. The van der Waals surface area contributed by atoms with Crippen molar-refractivity contribution in [3.63, 3.8) is 0 Å². The third-order valence-corrected chi connectivity index (χ3v) is 3.04. The van der Waals surface area contributed by atoms with Crippen LogP contribution in [0.1, 0.15) is 27.7 Å². The molecule has 0 saturated carbocycles. The quantitative estimate of drug-likeness (QED) is 0.393. The zero-order valence-electron chi connectivity index (χ0n) is 12.7. The first-order valence-corrected chi connectivity index (χ1v) is 6.56. The van der Waals surface area contributed by atoms with E-state index in [1.54, 1.807) is 13.8 Å². The molecule has 2 unspecified atom stereocenters. The third-order valence-electron chi connectivity index (χ3n) is 2.33. The van der Waals surface area contributed by atoms with E-state index in [0.29, 0.717) is 11.1 Å². The smallest absolute Gasteiger partial charge is 0.867 e. The molecule has 2 atom stereocenters. The van der Waals surface area contributed by atoms with Gasteiger partial charge >= 0.3 is 37.7 Å². The largest absolute Gasteiger partial charge is 2.00 e. The van der Waals surface area contributed by atoms with Gasteiger partial charge in [0.25, 0.3) is 0 Å². The SMILES string of the molecule is C=C(C)C(=O)C(C)C([O-])=S.C=C(C)C(=O)C(C)C([O-])=S.[Ca+2]. The van der Waals surface area contributed by atoms with Gasteiger partial charge in [-0.25, -0.2) is 0 Å². The van der Waals surface area contributed by atoms with Gasteiger partial charge in [-0.05, 0) is 25.0 Å². The van der Waals surface area contributed by atoms with Crippen molar-refractivity contribution in [2.45, 2.75) is 27.7 Å². The number of ketones is 2. The minimum absolute atomic E-state index is 0. The maximum Gasteiger partial charge on any atom is 2.00 e. The minimum Gasteiger partial charge on any atom is -0.867 e. The number of thiocarbonyl (C=S) groups is 2. The molecule has 0 aliphatic carbocycles. The molecule has 0 N–H and O–H groups in total. The third kappa shape index (κ3) is 11.1. The predicted molar refractivity (Wildman–Crippen MR) is 88.9 cm³/mol. The molecule has 0 spiro atoms. The summed E-state index contributed by atoms with van der Waals surface area (Å²) in [6, 6.07) is 0. The fourth-order valence-corrected chi connectivity index (χ4v) is 1.17. The van der Waals surface area contributed by atoms with E-state index in [-0.39, 0.29) is 49.3 Å². The summed E-state index contributed by atoms with van der Waals surface area (Å²) in [6.45, 7) is 12.9. The first-order valence-electron chi connectivity index (χ1n) is 5.74. The van der Waals surface area contributed by atoms with Gasteiger partial charge in [-0.1, -0.05) is 37.1 Å². The fraction of sp³-hybridized carbons (Fsp3) is 0.429. The summed E-state index contributed by atoms with van der Waals surface area (Å²) < 4.78 is 0. The van der Waals surface area contributed by atoms with Gasteiger partial charge in [0.2, 0.25) is 0 Å².